The van der Waals surface area contributed by atoms with Gasteiger partial charge >= 0.3 is 0 Å². The van der Waals surface area contributed by atoms with E-state index in [-0.39, 0.29) is 11.7 Å². The minimum absolute atomic E-state index is 0.115. The van der Waals surface area contributed by atoms with Crippen molar-refractivity contribution in [2.24, 2.45) is 0 Å². The van der Waals surface area contributed by atoms with E-state index in [1.165, 1.54) is 12.1 Å². The van der Waals surface area contributed by atoms with Gasteiger partial charge in [-0.1, -0.05) is 12.1 Å². The highest BCUT2D eigenvalue weighted by Crippen LogP contribution is 2.18. The van der Waals surface area contributed by atoms with E-state index in [2.05, 4.69) is 18.7 Å². The Kier molecular flexibility index (Phi) is 5.34. The minimum Gasteiger partial charge on any atom is -0.342 e. The molecule has 1 aromatic rings. The molecule has 1 aliphatic rings. The van der Waals surface area contributed by atoms with Gasteiger partial charge in [0.15, 0.2) is 0 Å². The number of hydrogen-bond donors (Lipinski definition) is 0. The number of halogens is 1. The van der Waals surface area contributed by atoms with Crippen molar-refractivity contribution in [2.75, 3.05) is 20.1 Å². The number of hydrogen-bond acceptors (Lipinski definition) is 2. The molecule has 1 amide bonds. The van der Waals surface area contributed by atoms with Crippen molar-refractivity contribution in [1.29, 1.82) is 0 Å². The Hall–Kier alpha value is -1.42. The lowest BCUT2D eigenvalue weighted by Gasteiger charge is -2.38. The molecule has 116 valence electrons. The summed E-state index contributed by atoms with van der Waals surface area (Å²) in [5.74, 6) is -0.148. The lowest BCUT2D eigenvalue weighted by Crippen LogP contribution is -2.47. The monoisotopic (exact) mass is 292 g/mol. The van der Waals surface area contributed by atoms with Crippen LogP contribution >= 0.6 is 0 Å². The topological polar surface area (TPSA) is 23.6 Å². The fourth-order valence-corrected chi connectivity index (χ4v) is 2.89. The van der Waals surface area contributed by atoms with E-state index in [4.69, 9.17) is 0 Å². The van der Waals surface area contributed by atoms with Crippen molar-refractivity contribution in [2.45, 2.75) is 45.2 Å². The van der Waals surface area contributed by atoms with Crippen LogP contribution in [-0.2, 0) is 11.2 Å². The van der Waals surface area contributed by atoms with Crippen molar-refractivity contribution >= 4 is 5.91 Å². The van der Waals surface area contributed by atoms with Gasteiger partial charge in [-0.25, -0.2) is 4.39 Å². The molecular formula is C17H25FN2O. The lowest BCUT2D eigenvalue weighted by atomic mass is 10.0. The summed E-state index contributed by atoms with van der Waals surface area (Å²) in [5.41, 5.74) is 0.868. The van der Waals surface area contributed by atoms with E-state index in [0.29, 0.717) is 18.5 Å². The highest BCUT2D eigenvalue weighted by atomic mass is 19.1. The van der Waals surface area contributed by atoms with Crippen LogP contribution in [0.4, 0.5) is 4.39 Å². The van der Waals surface area contributed by atoms with E-state index in [1.807, 2.05) is 11.9 Å². The number of rotatable bonds is 4. The number of benzene rings is 1. The molecule has 1 saturated heterocycles. The van der Waals surface area contributed by atoms with Crippen LogP contribution in [-0.4, -0.2) is 47.9 Å². The van der Waals surface area contributed by atoms with Crippen LogP contribution < -0.4 is 0 Å². The van der Waals surface area contributed by atoms with Crippen LogP contribution in [0, 0.1) is 5.82 Å². The lowest BCUT2D eigenvalue weighted by molar-refractivity contribution is -0.132. The largest absolute Gasteiger partial charge is 0.342 e. The van der Waals surface area contributed by atoms with Gasteiger partial charge in [-0.3, -0.25) is 4.79 Å². The molecule has 21 heavy (non-hydrogen) atoms. The zero-order valence-electron chi connectivity index (χ0n) is 13.2. The zero-order chi connectivity index (χ0) is 15.4. The third kappa shape index (κ3) is 4.27. The Morgan fingerprint density at radius 2 is 1.86 bits per heavy atom. The first-order chi connectivity index (χ1) is 9.97. The van der Waals surface area contributed by atoms with E-state index >= 15 is 0 Å². The molecule has 2 rings (SSSR count). The number of nitrogens with zero attached hydrogens (tertiary/aromatic N) is 2. The SMILES string of the molecule is CC(C)N1CCC(N(C)C(=O)Cc2ccc(F)cc2)CC1. The van der Waals surface area contributed by atoms with Crippen molar-refractivity contribution in [3.05, 3.63) is 35.6 Å². The van der Waals surface area contributed by atoms with Gasteiger partial charge in [0.2, 0.25) is 5.91 Å². The number of likely N-dealkylation sites (tertiary alicyclic amines) is 1. The second-order valence-corrected chi connectivity index (χ2v) is 6.17. The van der Waals surface area contributed by atoms with E-state index in [1.54, 1.807) is 12.1 Å². The maximum absolute atomic E-state index is 12.9. The minimum atomic E-state index is -0.263. The highest BCUT2D eigenvalue weighted by Gasteiger charge is 2.26. The van der Waals surface area contributed by atoms with Crippen LogP contribution in [0.15, 0.2) is 24.3 Å². The molecule has 1 heterocycles. The van der Waals surface area contributed by atoms with E-state index in [0.717, 1.165) is 31.5 Å². The van der Waals surface area contributed by atoms with Crippen molar-refractivity contribution in [1.82, 2.24) is 9.80 Å². The number of carbonyl (C=O) groups is 1. The van der Waals surface area contributed by atoms with Crippen LogP contribution in [0.5, 0.6) is 0 Å². The molecule has 0 radical (unpaired) electrons. The summed E-state index contributed by atoms with van der Waals surface area (Å²) < 4.78 is 12.9. The maximum Gasteiger partial charge on any atom is 0.226 e. The van der Waals surface area contributed by atoms with Gasteiger partial charge in [-0.05, 0) is 44.4 Å². The van der Waals surface area contributed by atoms with Crippen LogP contribution in [0.1, 0.15) is 32.3 Å². The van der Waals surface area contributed by atoms with Crippen molar-refractivity contribution < 1.29 is 9.18 Å². The summed E-state index contributed by atoms with van der Waals surface area (Å²) in [5, 5.41) is 0. The van der Waals surface area contributed by atoms with Gasteiger partial charge in [0.1, 0.15) is 5.82 Å². The second kappa shape index (κ2) is 7.03. The summed E-state index contributed by atoms with van der Waals surface area (Å²) >= 11 is 0. The number of piperidine rings is 1. The summed E-state index contributed by atoms with van der Waals surface area (Å²) in [6.45, 7) is 6.53. The van der Waals surface area contributed by atoms with E-state index < -0.39 is 0 Å². The second-order valence-electron chi connectivity index (χ2n) is 6.17. The Labute approximate surface area is 126 Å². The molecule has 0 spiro atoms. The zero-order valence-corrected chi connectivity index (χ0v) is 13.2. The van der Waals surface area contributed by atoms with Gasteiger partial charge in [-0.2, -0.15) is 0 Å². The van der Waals surface area contributed by atoms with Gasteiger partial charge in [0.25, 0.3) is 0 Å². The number of carbonyl (C=O) groups excluding carboxylic acids is 1. The Morgan fingerprint density at radius 3 is 2.38 bits per heavy atom. The van der Waals surface area contributed by atoms with Gasteiger partial charge in [0.05, 0.1) is 6.42 Å². The normalized spacial score (nSPS) is 17.2. The molecule has 0 aliphatic carbocycles. The fourth-order valence-electron chi connectivity index (χ4n) is 2.89. The first-order valence-electron chi connectivity index (χ1n) is 7.71. The number of likely N-dealkylation sites (N-methyl/N-ethyl adjacent to an activating group) is 1. The summed E-state index contributed by atoms with van der Waals surface area (Å²) in [4.78, 5) is 16.7. The maximum atomic E-state index is 12.9. The van der Waals surface area contributed by atoms with Gasteiger partial charge in [0, 0.05) is 32.2 Å². The standard InChI is InChI=1S/C17H25FN2O/c1-13(2)20-10-8-16(9-11-20)19(3)17(21)12-14-4-6-15(18)7-5-14/h4-7,13,16H,8-12H2,1-3H3. The quantitative estimate of drug-likeness (QED) is 0.852. The molecule has 0 aromatic heterocycles. The molecule has 0 bridgehead atoms. The Balaban J connectivity index is 1.87. The van der Waals surface area contributed by atoms with Gasteiger partial charge in [-0.15, -0.1) is 0 Å². The number of amides is 1. The molecule has 3 nitrogen and oxygen atoms in total. The van der Waals surface area contributed by atoms with E-state index in [9.17, 15) is 9.18 Å². The molecular weight excluding hydrogens is 267 g/mol. The molecule has 0 saturated carbocycles. The summed E-state index contributed by atoms with van der Waals surface area (Å²) in [6, 6.07) is 7.08. The Bertz CT molecular complexity index is 464. The summed E-state index contributed by atoms with van der Waals surface area (Å²) in [6.07, 6.45) is 2.41. The van der Waals surface area contributed by atoms with Crippen LogP contribution in [0.25, 0.3) is 0 Å². The Morgan fingerprint density at radius 1 is 1.29 bits per heavy atom. The fraction of sp³-hybridized carbons (Fsp3) is 0.588. The smallest absolute Gasteiger partial charge is 0.226 e. The average Bonchev–Trinajstić information content (AvgIpc) is 2.49. The third-order valence-electron chi connectivity index (χ3n) is 4.44. The highest BCUT2D eigenvalue weighted by molar-refractivity contribution is 5.78. The van der Waals surface area contributed by atoms with Crippen LogP contribution in [0.2, 0.25) is 0 Å². The average molecular weight is 292 g/mol. The van der Waals surface area contributed by atoms with Crippen molar-refractivity contribution in [3.8, 4) is 0 Å². The summed E-state index contributed by atoms with van der Waals surface area (Å²) in [7, 11) is 1.89. The molecule has 0 unspecified atom stereocenters. The third-order valence-corrected chi connectivity index (χ3v) is 4.44. The first-order valence-corrected chi connectivity index (χ1v) is 7.71. The molecule has 4 heteroatoms. The first kappa shape index (κ1) is 16.0. The molecule has 1 fully saturated rings. The van der Waals surface area contributed by atoms with Crippen molar-refractivity contribution in [3.63, 3.8) is 0 Å². The molecule has 1 aliphatic heterocycles. The predicted octanol–water partition coefficient (Wildman–Crippen LogP) is 2.70. The molecule has 0 N–H and O–H groups in total. The molecule has 0 atom stereocenters. The van der Waals surface area contributed by atoms with Crippen LogP contribution in [0.3, 0.4) is 0 Å². The molecule has 1 aromatic carbocycles. The van der Waals surface area contributed by atoms with Gasteiger partial charge < -0.3 is 9.80 Å². The predicted molar refractivity (Wildman–Crippen MR) is 82.6 cm³/mol.